The van der Waals surface area contributed by atoms with Gasteiger partial charge in [0.25, 0.3) is 11.8 Å². The summed E-state index contributed by atoms with van der Waals surface area (Å²) < 4.78 is 10.9. The van der Waals surface area contributed by atoms with Crippen molar-refractivity contribution in [2.24, 2.45) is 0 Å². The Morgan fingerprint density at radius 1 is 0.969 bits per heavy atom. The predicted molar refractivity (Wildman–Crippen MR) is 118 cm³/mol. The Morgan fingerprint density at radius 2 is 1.84 bits per heavy atom. The fourth-order valence-electron chi connectivity index (χ4n) is 2.75. The van der Waals surface area contributed by atoms with Crippen molar-refractivity contribution in [3.05, 3.63) is 109 Å². The van der Waals surface area contributed by atoms with E-state index in [1.54, 1.807) is 72.9 Å². The van der Waals surface area contributed by atoms with Crippen LogP contribution in [-0.4, -0.2) is 21.8 Å². The van der Waals surface area contributed by atoms with Crippen molar-refractivity contribution < 1.29 is 18.7 Å². The van der Waals surface area contributed by atoms with Crippen LogP contribution >= 0.6 is 0 Å². The lowest BCUT2D eigenvalue weighted by Gasteiger charge is -2.12. The van der Waals surface area contributed by atoms with Gasteiger partial charge in [-0.2, -0.15) is 0 Å². The topological polar surface area (TPSA) is 106 Å². The van der Waals surface area contributed by atoms with Gasteiger partial charge in [-0.05, 0) is 36.4 Å². The first kappa shape index (κ1) is 20.5. The van der Waals surface area contributed by atoms with Crippen molar-refractivity contribution in [1.29, 1.82) is 0 Å². The number of benzene rings is 2. The van der Waals surface area contributed by atoms with Gasteiger partial charge in [0.1, 0.15) is 17.2 Å². The molecule has 0 bridgehead atoms. The molecule has 4 rings (SSSR count). The van der Waals surface area contributed by atoms with Gasteiger partial charge in [-0.25, -0.2) is 4.98 Å². The lowest BCUT2D eigenvalue weighted by Crippen LogP contribution is -2.30. The molecule has 32 heavy (non-hydrogen) atoms. The zero-order chi connectivity index (χ0) is 22.2. The van der Waals surface area contributed by atoms with Gasteiger partial charge in [0.05, 0.1) is 12.5 Å². The molecule has 158 valence electrons. The number of carbonyl (C=O) groups is 2. The average Bonchev–Trinajstić information content (AvgIpc) is 3.33. The fourth-order valence-corrected chi connectivity index (χ4v) is 2.75. The number of furan rings is 1. The number of carbonyl (C=O) groups excluding carboxylic acids is 2. The van der Waals surface area contributed by atoms with Crippen molar-refractivity contribution >= 4 is 23.6 Å². The summed E-state index contributed by atoms with van der Waals surface area (Å²) in [4.78, 5) is 33.6. The second kappa shape index (κ2) is 9.86. The van der Waals surface area contributed by atoms with Gasteiger partial charge in [0, 0.05) is 35.8 Å². The molecule has 0 aliphatic carbocycles. The largest absolute Gasteiger partial charge is 0.465 e. The summed E-state index contributed by atoms with van der Waals surface area (Å²) in [5.74, 6) is 0.265. The highest BCUT2D eigenvalue weighted by atomic mass is 16.5. The molecule has 2 N–H and O–H groups in total. The van der Waals surface area contributed by atoms with Crippen LogP contribution in [0.15, 0.2) is 102 Å². The maximum Gasteiger partial charge on any atom is 0.272 e. The first-order valence-corrected chi connectivity index (χ1v) is 9.64. The van der Waals surface area contributed by atoms with Gasteiger partial charge in [0.2, 0.25) is 5.88 Å². The summed E-state index contributed by atoms with van der Waals surface area (Å²) in [5, 5.41) is 5.40. The number of rotatable bonds is 7. The maximum absolute atomic E-state index is 13.0. The number of ether oxygens (including phenoxy) is 1. The van der Waals surface area contributed by atoms with Crippen molar-refractivity contribution in [2.45, 2.75) is 0 Å². The van der Waals surface area contributed by atoms with E-state index in [0.29, 0.717) is 28.6 Å². The normalized spacial score (nSPS) is 10.9. The van der Waals surface area contributed by atoms with Crippen LogP contribution in [0.4, 0.5) is 5.69 Å². The molecule has 2 heterocycles. The van der Waals surface area contributed by atoms with Crippen LogP contribution in [-0.2, 0) is 4.79 Å². The summed E-state index contributed by atoms with van der Waals surface area (Å²) in [6, 6.07) is 18.8. The van der Waals surface area contributed by atoms with Crippen LogP contribution in [0, 0.1) is 0 Å². The summed E-state index contributed by atoms with van der Waals surface area (Å²) in [6.45, 7) is 0. The number of nitrogens with zero attached hydrogens (tertiary/aromatic N) is 2. The summed E-state index contributed by atoms with van der Waals surface area (Å²) in [5.41, 5.74) is 0.912. The van der Waals surface area contributed by atoms with Gasteiger partial charge < -0.3 is 19.8 Å². The smallest absolute Gasteiger partial charge is 0.272 e. The molecule has 4 aromatic rings. The van der Waals surface area contributed by atoms with Gasteiger partial charge in [-0.1, -0.05) is 24.3 Å². The van der Waals surface area contributed by atoms with E-state index in [4.69, 9.17) is 9.15 Å². The molecule has 0 aliphatic rings. The van der Waals surface area contributed by atoms with E-state index in [1.807, 2.05) is 0 Å². The van der Waals surface area contributed by atoms with E-state index in [-0.39, 0.29) is 5.70 Å². The predicted octanol–water partition coefficient (Wildman–Crippen LogP) is 4.27. The highest BCUT2D eigenvalue weighted by Gasteiger charge is 2.16. The summed E-state index contributed by atoms with van der Waals surface area (Å²) in [6.07, 6.45) is 7.47. The Labute approximate surface area is 183 Å². The van der Waals surface area contributed by atoms with Crippen LogP contribution < -0.4 is 15.4 Å². The molecule has 0 saturated heterocycles. The number of aromatic nitrogens is 2. The van der Waals surface area contributed by atoms with Crippen molar-refractivity contribution in [3.8, 4) is 11.6 Å². The zero-order valence-corrected chi connectivity index (χ0v) is 16.8. The monoisotopic (exact) mass is 426 g/mol. The third-order valence-electron chi connectivity index (χ3n) is 4.21. The first-order chi connectivity index (χ1) is 15.7. The lowest BCUT2D eigenvalue weighted by molar-refractivity contribution is -0.113. The van der Waals surface area contributed by atoms with Crippen LogP contribution in [0.3, 0.4) is 0 Å². The molecule has 8 nitrogen and oxygen atoms in total. The molecular weight excluding hydrogens is 408 g/mol. The van der Waals surface area contributed by atoms with Crippen LogP contribution in [0.1, 0.15) is 16.1 Å². The molecule has 0 radical (unpaired) electrons. The third kappa shape index (κ3) is 5.45. The van der Waals surface area contributed by atoms with Gasteiger partial charge >= 0.3 is 0 Å². The third-order valence-corrected chi connectivity index (χ3v) is 4.21. The van der Waals surface area contributed by atoms with Crippen molar-refractivity contribution in [2.75, 3.05) is 5.32 Å². The average molecular weight is 426 g/mol. The first-order valence-electron chi connectivity index (χ1n) is 9.64. The van der Waals surface area contributed by atoms with E-state index in [0.717, 1.165) is 0 Å². The second-order valence-electron chi connectivity index (χ2n) is 6.52. The van der Waals surface area contributed by atoms with Crippen molar-refractivity contribution in [1.82, 2.24) is 15.3 Å². The number of hydrogen-bond acceptors (Lipinski definition) is 6. The molecule has 2 aromatic heterocycles. The Balaban J connectivity index is 1.52. The minimum atomic E-state index is -0.526. The molecule has 0 aliphatic heterocycles. The van der Waals surface area contributed by atoms with Gasteiger partial charge in [0.15, 0.2) is 0 Å². The molecule has 0 unspecified atom stereocenters. The maximum atomic E-state index is 13.0. The number of nitrogens with one attached hydrogen (secondary N) is 2. The Morgan fingerprint density at radius 3 is 2.59 bits per heavy atom. The second-order valence-corrected chi connectivity index (χ2v) is 6.52. The minimum Gasteiger partial charge on any atom is -0.465 e. The van der Waals surface area contributed by atoms with E-state index < -0.39 is 11.8 Å². The molecular formula is C24H18N4O4. The quantitative estimate of drug-likeness (QED) is 0.428. The summed E-state index contributed by atoms with van der Waals surface area (Å²) in [7, 11) is 0. The van der Waals surface area contributed by atoms with E-state index in [9.17, 15) is 9.59 Å². The Bertz CT molecular complexity index is 1220. The van der Waals surface area contributed by atoms with Crippen LogP contribution in [0.2, 0.25) is 0 Å². The number of amides is 2. The highest BCUT2D eigenvalue weighted by Crippen LogP contribution is 2.22. The van der Waals surface area contributed by atoms with Crippen LogP contribution in [0.25, 0.3) is 6.08 Å². The molecule has 2 aromatic carbocycles. The van der Waals surface area contributed by atoms with E-state index >= 15 is 0 Å². The molecule has 0 spiro atoms. The highest BCUT2D eigenvalue weighted by molar-refractivity contribution is 6.10. The van der Waals surface area contributed by atoms with E-state index in [1.165, 1.54) is 24.7 Å². The molecule has 2 amide bonds. The zero-order valence-electron chi connectivity index (χ0n) is 16.8. The number of anilines is 1. The van der Waals surface area contributed by atoms with Gasteiger partial charge in [-0.15, -0.1) is 0 Å². The molecule has 0 fully saturated rings. The van der Waals surface area contributed by atoms with Gasteiger partial charge in [-0.3, -0.25) is 14.6 Å². The Hall–Kier alpha value is -4.72. The summed E-state index contributed by atoms with van der Waals surface area (Å²) >= 11 is 0. The van der Waals surface area contributed by atoms with Crippen molar-refractivity contribution in [3.63, 3.8) is 0 Å². The molecule has 0 saturated carbocycles. The molecule has 0 atom stereocenters. The Kier molecular flexibility index (Phi) is 6.33. The van der Waals surface area contributed by atoms with Crippen LogP contribution in [0.5, 0.6) is 11.6 Å². The molecule has 8 heteroatoms. The lowest BCUT2D eigenvalue weighted by atomic mass is 10.2. The SMILES string of the molecule is O=C(Nc1cccc(Oc2cnccn2)c1)C(=Cc1ccco1)NC(=O)c1ccccc1. The fraction of sp³-hybridized carbons (Fsp3) is 0. The number of hydrogen-bond donors (Lipinski definition) is 2. The minimum absolute atomic E-state index is 0.0223. The standard InChI is InChI=1S/C24H18N4O4/c29-23(17-6-2-1-3-7-17)28-21(15-19-10-5-13-31-19)24(30)27-18-8-4-9-20(14-18)32-22-16-25-11-12-26-22/h1-16H,(H,27,30)(H,28,29). The van der Waals surface area contributed by atoms with E-state index in [2.05, 4.69) is 20.6 Å².